The highest BCUT2D eigenvalue weighted by Crippen LogP contribution is 2.07. The van der Waals surface area contributed by atoms with E-state index in [9.17, 15) is 4.39 Å². The fraction of sp³-hybridized carbons (Fsp3) is 0.647. The lowest BCUT2D eigenvalue weighted by atomic mass is 10.1. The third-order valence-corrected chi connectivity index (χ3v) is 3.24. The van der Waals surface area contributed by atoms with Gasteiger partial charge in [-0.3, -0.25) is 0 Å². The summed E-state index contributed by atoms with van der Waals surface area (Å²) < 4.78 is 12.8. The Bertz CT molecular complexity index is 368. The average Bonchev–Trinajstić information content (AvgIpc) is 2.35. The molecule has 1 N–H and O–H groups in total. The van der Waals surface area contributed by atoms with Crippen molar-refractivity contribution in [3.05, 3.63) is 35.6 Å². The molecular formula is C17H29FN2. The smallest absolute Gasteiger partial charge is 0.123 e. The number of hydrogen-bond acceptors (Lipinski definition) is 2. The van der Waals surface area contributed by atoms with Crippen molar-refractivity contribution < 1.29 is 4.39 Å². The third kappa shape index (κ3) is 8.28. The predicted molar refractivity (Wildman–Crippen MR) is 84.3 cm³/mol. The number of hydrogen-bond donors (Lipinski definition) is 1. The van der Waals surface area contributed by atoms with E-state index in [1.54, 1.807) is 0 Å². The maximum atomic E-state index is 12.8. The van der Waals surface area contributed by atoms with Crippen molar-refractivity contribution >= 4 is 0 Å². The van der Waals surface area contributed by atoms with Gasteiger partial charge in [0.15, 0.2) is 0 Å². The van der Waals surface area contributed by atoms with E-state index in [0.29, 0.717) is 0 Å². The number of nitrogens with one attached hydrogen (secondary N) is 1. The molecule has 0 unspecified atom stereocenters. The molecule has 0 bridgehead atoms. The first kappa shape index (κ1) is 17.1. The lowest BCUT2D eigenvalue weighted by molar-refractivity contribution is 0.315. The first-order valence-corrected chi connectivity index (χ1v) is 7.55. The highest BCUT2D eigenvalue weighted by Gasteiger charge is 2.07. The topological polar surface area (TPSA) is 15.3 Å². The van der Waals surface area contributed by atoms with Gasteiger partial charge in [0, 0.05) is 12.1 Å². The SMILES string of the molecule is CN(CCCCCNC(C)(C)C)Cc1ccc(F)cc1. The van der Waals surface area contributed by atoms with Crippen LogP contribution in [0.1, 0.15) is 45.6 Å². The zero-order valence-electron chi connectivity index (χ0n) is 13.4. The van der Waals surface area contributed by atoms with Gasteiger partial charge in [-0.25, -0.2) is 4.39 Å². The Morgan fingerprint density at radius 3 is 2.30 bits per heavy atom. The molecule has 1 aromatic carbocycles. The maximum Gasteiger partial charge on any atom is 0.123 e. The van der Waals surface area contributed by atoms with Crippen LogP contribution in [0.25, 0.3) is 0 Å². The van der Waals surface area contributed by atoms with Crippen LogP contribution < -0.4 is 5.32 Å². The molecule has 0 saturated heterocycles. The Kier molecular flexibility index (Phi) is 7.17. The molecule has 1 rings (SSSR count). The zero-order valence-corrected chi connectivity index (χ0v) is 13.4. The van der Waals surface area contributed by atoms with Crippen LogP contribution in [-0.2, 0) is 6.54 Å². The highest BCUT2D eigenvalue weighted by atomic mass is 19.1. The minimum absolute atomic E-state index is 0.164. The van der Waals surface area contributed by atoms with Gasteiger partial charge in [-0.2, -0.15) is 0 Å². The normalized spacial score (nSPS) is 12.1. The maximum absolute atomic E-state index is 12.8. The van der Waals surface area contributed by atoms with Crippen molar-refractivity contribution in [2.24, 2.45) is 0 Å². The minimum Gasteiger partial charge on any atom is -0.312 e. The van der Waals surface area contributed by atoms with Crippen LogP contribution in [0.3, 0.4) is 0 Å². The summed E-state index contributed by atoms with van der Waals surface area (Å²) in [5.74, 6) is -0.164. The molecule has 0 heterocycles. The van der Waals surface area contributed by atoms with Gasteiger partial charge in [0.25, 0.3) is 0 Å². The van der Waals surface area contributed by atoms with Crippen molar-refractivity contribution in [1.29, 1.82) is 0 Å². The monoisotopic (exact) mass is 280 g/mol. The molecule has 3 heteroatoms. The molecule has 20 heavy (non-hydrogen) atoms. The van der Waals surface area contributed by atoms with Crippen molar-refractivity contribution in [2.75, 3.05) is 20.1 Å². The quantitative estimate of drug-likeness (QED) is 0.728. The lowest BCUT2D eigenvalue weighted by Crippen LogP contribution is -2.36. The van der Waals surface area contributed by atoms with Crippen LogP contribution in [-0.4, -0.2) is 30.6 Å². The van der Waals surface area contributed by atoms with Gasteiger partial charge >= 0.3 is 0 Å². The summed E-state index contributed by atoms with van der Waals surface area (Å²) in [6.07, 6.45) is 3.68. The first-order valence-electron chi connectivity index (χ1n) is 7.55. The number of benzene rings is 1. The minimum atomic E-state index is -0.164. The van der Waals surface area contributed by atoms with E-state index >= 15 is 0 Å². The molecule has 0 aliphatic rings. The van der Waals surface area contributed by atoms with Gasteiger partial charge in [-0.05, 0) is 71.4 Å². The fourth-order valence-electron chi connectivity index (χ4n) is 2.13. The molecule has 0 aromatic heterocycles. The second-order valence-corrected chi connectivity index (χ2v) is 6.60. The van der Waals surface area contributed by atoms with Gasteiger partial charge in [-0.15, -0.1) is 0 Å². The summed E-state index contributed by atoms with van der Waals surface area (Å²) >= 11 is 0. The second kappa shape index (κ2) is 8.38. The van der Waals surface area contributed by atoms with Crippen LogP contribution in [0.4, 0.5) is 4.39 Å². The predicted octanol–water partition coefficient (Wildman–Crippen LogP) is 3.82. The van der Waals surface area contributed by atoms with Gasteiger partial charge in [0.05, 0.1) is 0 Å². The molecular weight excluding hydrogens is 251 g/mol. The summed E-state index contributed by atoms with van der Waals surface area (Å²) in [7, 11) is 2.12. The highest BCUT2D eigenvalue weighted by molar-refractivity contribution is 5.15. The molecule has 114 valence electrons. The molecule has 2 nitrogen and oxygen atoms in total. The van der Waals surface area contributed by atoms with Crippen molar-refractivity contribution in [1.82, 2.24) is 10.2 Å². The number of rotatable bonds is 8. The molecule has 0 atom stereocenters. The summed E-state index contributed by atoms with van der Waals surface area (Å²) in [5, 5.41) is 3.51. The number of halogens is 1. The first-order chi connectivity index (χ1) is 9.37. The number of nitrogens with zero attached hydrogens (tertiary/aromatic N) is 1. The fourth-order valence-corrected chi connectivity index (χ4v) is 2.13. The Hall–Kier alpha value is -0.930. The summed E-state index contributed by atoms with van der Waals surface area (Å²) in [4.78, 5) is 2.30. The molecule has 0 spiro atoms. The standard InChI is InChI=1S/C17H29FN2/c1-17(2,3)19-12-6-5-7-13-20(4)14-15-8-10-16(18)11-9-15/h8-11,19H,5-7,12-14H2,1-4H3. The van der Waals surface area contributed by atoms with Gasteiger partial charge in [0.1, 0.15) is 5.82 Å². The third-order valence-electron chi connectivity index (χ3n) is 3.24. The molecule has 0 amide bonds. The van der Waals surface area contributed by atoms with Gasteiger partial charge in [0.2, 0.25) is 0 Å². The van der Waals surface area contributed by atoms with E-state index < -0.39 is 0 Å². The van der Waals surface area contributed by atoms with E-state index in [-0.39, 0.29) is 11.4 Å². The number of unbranched alkanes of at least 4 members (excludes halogenated alkanes) is 2. The molecule has 0 fully saturated rings. The summed E-state index contributed by atoms with van der Waals surface area (Å²) in [6, 6.07) is 6.78. The lowest BCUT2D eigenvalue weighted by Gasteiger charge is -2.20. The van der Waals surface area contributed by atoms with E-state index in [4.69, 9.17) is 0 Å². The summed E-state index contributed by atoms with van der Waals surface area (Å²) in [5.41, 5.74) is 1.39. The van der Waals surface area contributed by atoms with Crippen LogP contribution in [0.5, 0.6) is 0 Å². The van der Waals surface area contributed by atoms with Crippen LogP contribution in [0.2, 0.25) is 0 Å². The van der Waals surface area contributed by atoms with Gasteiger partial charge in [-0.1, -0.05) is 18.6 Å². The van der Waals surface area contributed by atoms with Crippen LogP contribution >= 0.6 is 0 Å². The molecule has 0 aliphatic heterocycles. The van der Waals surface area contributed by atoms with Crippen LogP contribution in [0.15, 0.2) is 24.3 Å². The Morgan fingerprint density at radius 2 is 1.70 bits per heavy atom. The van der Waals surface area contributed by atoms with E-state index in [1.807, 2.05) is 12.1 Å². The van der Waals surface area contributed by atoms with Crippen molar-refractivity contribution in [2.45, 2.75) is 52.1 Å². The average molecular weight is 280 g/mol. The van der Waals surface area contributed by atoms with Crippen molar-refractivity contribution in [3.8, 4) is 0 Å². The molecule has 1 aromatic rings. The van der Waals surface area contributed by atoms with Crippen molar-refractivity contribution in [3.63, 3.8) is 0 Å². The Morgan fingerprint density at radius 1 is 1.05 bits per heavy atom. The van der Waals surface area contributed by atoms with E-state index in [1.165, 1.54) is 37.0 Å². The van der Waals surface area contributed by atoms with Crippen LogP contribution in [0, 0.1) is 5.82 Å². The molecule has 0 saturated carbocycles. The molecule has 0 radical (unpaired) electrons. The molecule has 0 aliphatic carbocycles. The second-order valence-electron chi connectivity index (χ2n) is 6.60. The Balaban J connectivity index is 2.08. The summed E-state index contributed by atoms with van der Waals surface area (Å²) in [6.45, 7) is 9.66. The van der Waals surface area contributed by atoms with E-state index in [2.05, 4.69) is 38.0 Å². The largest absolute Gasteiger partial charge is 0.312 e. The van der Waals surface area contributed by atoms with E-state index in [0.717, 1.165) is 19.6 Å². The zero-order chi connectivity index (χ0) is 15.0. The van der Waals surface area contributed by atoms with Gasteiger partial charge < -0.3 is 10.2 Å². The Labute approximate surface area is 123 Å².